The van der Waals surface area contributed by atoms with Crippen molar-refractivity contribution in [2.45, 2.75) is 58.3 Å². The Kier molecular flexibility index (Phi) is 10.8. The first-order valence-electron chi connectivity index (χ1n) is 11.8. The van der Waals surface area contributed by atoms with Crippen LogP contribution in [0.4, 0.5) is 0 Å². The van der Waals surface area contributed by atoms with E-state index in [1.165, 1.54) is 36.1 Å². The maximum absolute atomic E-state index is 11.3. The first-order valence-corrected chi connectivity index (χ1v) is 13.6. The highest BCUT2D eigenvalue weighted by Crippen LogP contribution is 2.43. The van der Waals surface area contributed by atoms with Gasteiger partial charge >= 0.3 is 5.97 Å². The van der Waals surface area contributed by atoms with Gasteiger partial charge in [-0.1, -0.05) is 38.3 Å². The van der Waals surface area contributed by atoms with E-state index in [-0.39, 0.29) is 5.97 Å². The average molecular weight is 487 g/mol. The van der Waals surface area contributed by atoms with E-state index in [0.29, 0.717) is 13.0 Å². The van der Waals surface area contributed by atoms with Gasteiger partial charge in [-0.05, 0) is 60.7 Å². The molecule has 2 aromatic heterocycles. The van der Waals surface area contributed by atoms with Crippen LogP contribution < -0.4 is 9.47 Å². The molecule has 0 atom stereocenters. The van der Waals surface area contributed by atoms with Gasteiger partial charge in [0, 0.05) is 27.3 Å². The maximum Gasteiger partial charge on any atom is 0.305 e. The van der Waals surface area contributed by atoms with Crippen molar-refractivity contribution >= 4 is 28.6 Å². The lowest BCUT2D eigenvalue weighted by Crippen LogP contribution is -2.03. The van der Waals surface area contributed by atoms with Gasteiger partial charge in [-0.2, -0.15) is 0 Å². The van der Waals surface area contributed by atoms with Crippen molar-refractivity contribution < 1.29 is 19.0 Å². The first-order chi connectivity index (χ1) is 16.2. The Labute approximate surface area is 205 Å². The highest BCUT2D eigenvalue weighted by atomic mass is 32.1. The van der Waals surface area contributed by atoms with Gasteiger partial charge in [0.2, 0.25) is 0 Å². The van der Waals surface area contributed by atoms with E-state index >= 15 is 0 Å². The predicted octanol–water partition coefficient (Wildman–Crippen LogP) is 8.21. The Bertz CT molecular complexity index is 949. The summed E-state index contributed by atoms with van der Waals surface area (Å²) < 4.78 is 17.3. The van der Waals surface area contributed by atoms with Gasteiger partial charge in [0.25, 0.3) is 0 Å². The number of rotatable bonds is 15. The topological polar surface area (TPSA) is 44.8 Å². The van der Waals surface area contributed by atoms with Crippen molar-refractivity contribution in [3.8, 4) is 32.4 Å². The van der Waals surface area contributed by atoms with E-state index in [1.807, 2.05) is 0 Å². The van der Waals surface area contributed by atoms with E-state index in [2.05, 4.69) is 54.1 Å². The second kappa shape index (κ2) is 14.1. The maximum atomic E-state index is 11.3. The molecular formula is C27H34O4S2. The molecule has 0 spiro atoms. The summed E-state index contributed by atoms with van der Waals surface area (Å²) in [6.45, 7) is 3.56. The van der Waals surface area contributed by atoms with Crippen LogP contribution in [0.15, 0.2) is 47.2 Å². The number of carbonyl (C=O) groups excluding carboxylic acids is 1. The molecule has 0 amide bonds. The molecule has 0 aliphatic carbocycles. The standard InChI is InChI=1S/C27H34O4S2/c1-3-4-5-8-15-30-23-19-22(26-13-11-18-33-26)24(20-21(23)25-12-10-17-32-25)31-16-9-6-7-14-27(28)29-2/h10-13,17-20H,3-9,14-16H2,1-2H3. The summed E-state index contributed by atoms with van der Waals surface area (Å²) in [5.74, 6) is 1.65. The van der Waals surface area contributed by atoms with Crippen LogP contribution in [-0.4, -0.2) is 26.3 Å². The van der Waals surface area contributed by atoms with Crippen molar-refractivity contribution in [1.29, 1.82) is 0 Å². The third kappa shape index (κ3) is 7.90. The molecule has 0 bridgehead atoms. The minimum absolute atomic E-state index is 0.151. The fraction of sp³-hybridized carbons (Fsp3) is 0.444. The number of unbranched alkanes of at least 4 members (excludes halogenated alkanes) is 5. The first kappa shape index (κ1) is 25.3. The fourth-order valence-corrected chi connectivity index (χ4v) is 5.09. The van der Waals surface area contributed by atoms with Gasteiger partial charge in [-0.3, -0.25) is 4.79 Å². The molecule has 2 heterocycles. The lowest BCUT2D eigenvalue weighted by Gasteiger charge is -2.17. The molecule has 0 radical (unpaired) electrons. The summed E-state index contributed by atoms with van der Waals surface area (Å²) in [4.78, 5) is 13.6. The molecule has 3 rings (SSSR count). The normalized spacial score (nSPS) is 10.8. The van der Waals surface area contributed by atoms with Gasteiger partial charge in [-0.15, -0.1) is 22.7 Å². The molecule has 4 nitrogen and oxygen atoms in total. The van der Waals surface area contributed by atoms with Crippen LogP contribution in [0.2, 0.25) is 0 Å². The summed E-state index contributed by atoms with van der Waals surface area (Å²) >= 11 is 3.42. The van der Waals surface area contributed by atoms with Crippen LogP contribution >= 0.6 is 22.7 Å². The molecule has 33 heavy (non-hydrogen) atoms. The quantitative estimate of drug-likeness (QED) is 0.160. The largest absolute Gasteiger partial charge is 0.493 e. The molecule has 0 aliphatic rings. The molecular weight excluding hydrogens is 452 g/mol. The SMILES string of the molecule is CCCCCCOc1cc(-c2cccs2)c(OCCCCCC(=O)OC)cc1-c1cccs1. The number of esters is 1. The Morgan fingerprint density at radius 3 is 1.79 bits per heavy atom. The number of ether oxygens (including phenoxy) is 3. The number of thiophene rings is 2. The van der Waals surface area contributed by atoms with E-state index in [9.17, 15) is 4.79 Å². The van der Waals surface area contributed by atoms with E-state index in [1.54, 1.807) is 22.7 Å². The van der Waals surface area contributed by atoms with Gasteiger partial charge in [0.05, 0.1) is 20.3 Å². The highest BCUT2D eigenvalue weighted by molar-refractivity contribution is 7.14. The van der Waals surface area contributed by atoms with Crippen molar-refractivity contribution in [3.05, 3.63) is 47.2 Å². The minimum atomic E-state index is -0.151. The molecule has 6 heteroatoms. The zero-order valence-corrected chi connectivity index (χ0v) is 21.3. The number of hydrogen-bond donors (Lipinski definition) is 0. The second-order valence-electron chi connectivity index (χ2n) is 7.94. The fourth-order valence-electron chi connectivity index (χ4n) is 3.59. The summed E-state index contributed by atoms with van der Waals surface area (Å²) in [5.41, 5.74) is 2.16. The monoisotopic (exact) mass is 486 g/mol. The number of benzene rings is 1. The molecule has 0 aliphatic heterocycles. The second-order valence-corrected chi connectivity index (χ2v) is 9.84. The lowest BCUT2D eigenvalue weighted by molar-refractivity contribution is -0.140. The van der Waals surface area contributed by atoms with E-state index in [0.717, 1.165) is 54.9 Å². The zero-order chi connectivity index (χ0) is 23.3. The van der Waals surface area contributed by atoms with Crippen LogP contribution in [0.3, 0.4) is 0 Å². The van der Waals surface area contributed by atoms with E-state index < -0.39 is 0 Å². The minimum Gasteiger partial charge on any atom is -0.493 e. The number of carbonyl (C=O) groups is 1. The smallest absolute Gasteiger partial charge is 0.305 e. The molecule has 178 valence electrons. The Morgan fingerprint density at radius 2 is 1.33 bits per heavy atom. The van der Waals surface area contributed by atoms with Crippen molar-refractivity contribution in [2.75, 3.05) is 20.3 Å². The van der Waals surface area contributed by atoms with Gasteiger partial charge in [-0.25, -0.2) is 0 Å². The Hall–Kier alpha value is -2.31. The Balaban J connectivity index is 1.76. The highest BCUT2D eigenvalue weighted by Gasteiger charge is 2.17. The number of methoxy groups -OCH3 is 1. The predicted molar refractivity (Wildman–Crippen MR) is 139 cm³/mol. The van der Waals surface area contributed by atoms with Gasteiger partial charge < -0.3 is 14.2 Å². The summed E-state index contributed by atoms with van der Waals surface area (Å²) in [6, 6.07) is 12.7. The third-order valence-electron chi connectivity index (χ3n) is 5.42. The number of hydrogen-bond acceptors (Lipinski definition) is 6. The van der Waals surface area contributed by atoms with Crippen LogP contribution in [0.5, 0.6) is 11.5 Å². The van der Waals surface area contributed by atoms with Gasteiger partial charge in [0.1, 0.15) is 11.5 Å². The Morgan fingerprint density at radius 1 is 0.788 bits per heavy atom. The molecule has 0 saturated heterocycles. The van der Waals surface area contributed by atoms with Crippen molar-refractivity contribution in [3.63, 3.8) is 0 Å². The molecule has 0 unspecified atom stereocenters. The summed E-state index contributed by atoms with van der Waals surface area (Å²) in [6.07, 6.45) is 7.83. The summed E-state index contributed by atoms with van der Waals surface area (Å²) in [5, 5.41) is 4.18. The molecule has 0 fully saturated rings. The van der Waals surface area contributed by atoms with Crippen LogP contribution in [-0.2, 0) is 9.53 Å². The van der Waals surface area contributed by atoms with Crippen LogP contribution in [0, 0.1) is 0 Å². The lowest BCUT2D eigenvalue weighted by atomic mass is 10.1. The zero-order valence-electron chi connectivity index (χ0n) is 19.6. The molecule has 0 saturated carbocycles. The van der Waals surface area contributed by atoms with Crippen molar-refractivity contribution in [2.24, 2.45) is 0 Å². The van der Waals surface area contributed by atoms with E-state index in [4.69, 9.17) is 14.2 Å². The molecule has 0 N–H and O–H groups in total. The third-order valence-corrected chi connectivity index (χ3v) is 7.23. The molecule has 1 aromatic carbocycles. The van der Waals surface area contributed by atoms with Crippen molar-refractivity contribution in [1.82, 2.24) is 0 Å². The van der Waals surface area contributed by atoms with Crippen LogP contribution in [0.25, 0.3) is 20.9 Å². The van der Waals surface area contributed by atoms with Gasteiger partial charge in [0.15, 0.2) is 0 Å². The summed E-state index contributed by atoms with van der Waals surface area (Å²) in [7, 11) is 1.43. The average Bonchev–Trinajstić information content (AvgIpc) is 3.56. The van der Waals surface area contributed by atoms with Crippen LogP contribution in [0.1, 0.15) is 58.3 Å². The molecule has 3 aromatic rings.